The molecule has 7 heteroatoms. The summed E-state index contributed by atoms with van der Waals surface area (Å²) in [7, 11) is 1.26. The molecule has 0 radical (unpaired) electrons. The third-order valence-electron chi connectivity index (χ3n) is 3.37. The van der Waals surface area contributed by atoms with Crippen LogP contribution in [0.5, 0.6) is 0 Å². The molecule has 2 rings (SSSR count). The third kappa shape index (κ3) is 3.92. The van der Waals surface area contributed by atoms with Crippen LogP contribution in [0.25, 0.3) is 0 Å². The number of ether oxygens (including phenoxy) is 1. The number of benzene rings is 2. The second-order valence-corrected chi connectivity index (χ2v) is 5.05. The number of esters is 1. The average molecular weight is 337 g/mol. The van der Waals surface area contributed by atoms with Gasteiger partial charge >= 0.3 is 12.1 Å². The minimum Gasteiger partial charge on any atom is -0.465 e. The number of nitrogens with one attached hydrogen (secondary N) is 1. The van der Waals surface area contributed by atoms with E-state index in [1.54, 1.807) is 13.0 Å². The van der Waals surface area contributed by atoms with Gasteiger partial charge in [0.2, 0.25) is 0 Å². The summed E-state index contributed by atoms with van der Waals surface area (Å²) in [5, 5.41) is 2.60. The number of amides is 1. The lowest BCUT2D eigenvalue weighted by Gasteiger charge is -2.11. The second kappa shape index (κ2) is 6.74. The van der Waals surface area contributed by atoms with Crippen molar-refractivity contribution in [1.29, 1.82) is 0 Å². The van der Waals surface area contributed by atoms with Gasteiger partial charge in [-0.25, -0.2) is 4.79 Å². The summed E-state index contributed by atoms with van der Waals surface area (Å²) in [5.74, 6) is -1.05. The molecule has 0 unspecified atom stereocenters. The van der Waals surface area contributed by atoms with Crippen LogP contribution in [0, 0.1) is 6.92 Å². The van der Waals surface area contributed by atoms with Gasteiger partial charge < -0.3 is 10.1 Å². The topological polar surface area (TPSA) is 55.4 Å². The second-order valence-electron chi connectivity index (χ2n) is 5.05. The molecular weight excluding hydrogens is 323 g/mol. The van der Waals surface area contributed by atoms with Crippen LogP contribution in [0.2, 0.25) is 0 Å². The van der Waals surface area contributed by atoms with Crippen molar-refractivity contribution in [2.45, 2.75) is 13.1 Å². The van der Waals surface area contributed by atoms with Gasteiger partial charge in [0.1, 0.15) is 0 Å². The first-order valence-corrected chi connectivity index (χ1v) is 6.90. The van der Waals surface area contributed by atoms with E-state index in [2.05, 4.69) is 10.1 Å². The Morgan fingerprint density at radius 2 is 1.58 bits per heavy atom. The van der Waals surface area contributed by atoms with Crippen LogP contribution >= 0.6 is 0 Å². The minimum atomic E-state index is -4.45. The summed E-state index contributed by atoms with van der Waals surface area (Å²) in [6, 6.07) is 8.48. The van der Waals surface area contributed by atoms with Gasteiger partial charge in [-0.15, -0.1) is 0 Å². The van der Waals surface area contributed by atoms with E-state index in [0.29, 0.717) is 16.8 Å². The summed E-state index contributed by atoms with van der Waals surface area (Å²) in [6.45, 7) is 1.69. The van der Waals surface area contributed by atoms with Crippen molar-refractivity contribution in [1.82, 2.24) is 0 Å². The maximum absolute atomic E-state index is 12.5. The van der Waals surface area contributed by atoms with Crippen molar-refractivity contribution < 1.29 is 27.5 Å². The fourth-order valence-corrected chi connectivity index (χ4v) is 2.05. The summed E-state index contributed by atoms with van der Waals surface area (Å²) >= 11 is 0. The number of halogens is 3. The molecule has 0 heterocycles. The van der Waals surface area contributed by atoms with Gasteiger partial charge in [0, 0.05) is 11.3 Å². The van der Waals surface area contributed by atoms with Crippen molar-refractivity contribution in [3.63, 3.8) is 0 Å². The fourth-order valence-electron chi connectivity index (χ4n) is 2.05. The summed E-state index contributed by atoms with van der Waals surface area (Å²) in [4.78, 5) is 23.6. The first kappa shape index (κ1) is 17.5. The number of anilines is 1. The number of hydrogen-bond acceptors (Lipinski definition) is 3. The normalized spacial score (nSPS) is 11.0. The SMILES string of the molecule is COC(=O)c1ccc(NC(=O)c2ccc(C(F)(F)F)cc2)c(C)c1. The molecule has 2 aromatic carbocycles. The number of rotatable bonds is 3. The average Bonchev–Trinajstić information content (AvgIpc) is 2.55. The molecule has 4 nitrogen and oxygen atoms in total. The highest BCUT2D eigenvalue weighted by Crippen LogP contribution is 2.29. The molecule has 0 bridgehead atoms. The molecule has 1 amide bonds. The summed E-state index contributed by atoms with van der Waals surface area (Å²) in [5.41, 5.74) is 0.686. The van der Waals surface area contributed by atoms with E-state index in [1.807, 2.05) is 0 Å². The van der Waals surface area contributed by atoms with Gasteiger partial charge in [-0.2, -0.15) is 13.2 Å². The van der Waals surface area contributed by atoms with Crippen LogP contribution in [-0.4, -0.2) is 19.0 Å². The minimum absolute atomic E-state index is 0.0967. The fraction of sp³-hybridized carbons (Fsp3) is 0.176. The molecule has 0 fully saturated rings. The smallest absolute Gasteiger partial charge is 0.416 e. The lowest BCUT2D eigenvalue weighted by atomic mass is 10.1. The van der Waals surface area contributed by atoms with Crippen LogP contribution < -0.4 is 5.32 Å². The Morgan fingerprint density at radius 1 is 1.00 bits per heavy atom. The zero-order chi connectivity index (χ0) is 17.9. The number of carbonyl (C=O) groups excluding carboxylic acids is 2. The first-order chi connectivity index (χ1) is 11.2. The Labute approximate surface area is 136 Å². The molecule has 0 atom stereocenters. The first-order valence-electron chi connectivity index (χ1n) is 6.90. The lowest BCUT2D eigenvalue weighted by molar-refractivity contribution is -0.137. The third-order valence-corrected chi connectivity index (χ3v) is 3.37. The van der Waals surface area contributed by atoms with E-state index in [4.69, 9.17) is 0 Å². The molecule has 1 N–H and O–H groups in total. The van der Waals surface area contributed by atoms with Crippen LogP contribution in [0.15, 0.2) is 42.5 Å². The molecule has 0 spiro atoms. The molecule has 0 saturated heterocycles. The standard InChI is InChI=1S/C17H14F3NO3/c1-10-9-12(16(23)24-2)5-8-14(10)21-15(22)11-3-6-13(7-4-11)17(18,19)20/h3-9H,1-2H3,(H,21,22). The highest BCUT2D eigenvalue weighted by Gasteiger charge is 2.30. The van der Waals surface area contributed by atoms with Gasteiger partial charge in [0.25, 0.3) is 5.91 Å². The van der Waals surface area contributed by atoms with Gasteiger partial charge in [-0.05, 0) is 55.0 Å². The number of carbonyl (C=O) groups is 2. The van der Waals surface area contributed by atoms with E-state index >= 15 is 0 Å². The zero-order valence-electron chi connectivity index (χ0n) is 12.9. The van der Waals surface area contributed by atoms with Gasteiger partial charge in [0.15, 0.2) is 0 Å². The number of alkyl halides is 3. The van der Waals surface area contributed by atoms with Crippen molar-refractivity contribution >= 4 is 17.6 Å². The number of aryl methyl sites for hydroxylation is 1. The molecule has 0 aliphatic carbocycles. The van der Waals surface area contributed by atoms with E-state index in [0.717, 1.165) is 24.3 Å². The molecule has 0 aromatic heterocycles. The van der Waals surface area contributed by atoms with Gasteiger partial charge in [-0.1, -0.05) is 0 Å². The number of methoxy groups -OCH3 is 1. The summed E-state index contributed by atoms with van der Waals surface area (Å²) in [6.07, 6.45) is -4.45. The zero-order valence-corrected chi connectivity index (χ0v) is 12.9. The summed E-state index contributed by atoms with van der Waals surface area (Å²) < 4.78 is 42.1. The Hall–Kier alpha value is -2.83. The van der Waals surface area contributed by atoms with Crippen molar-refractivity contribution in [2.24, 2.45) is 0 Å². The van der Waals surface area contributed by atoms with Crippen LogP contribution in [0.1, 0.15) is 31.8 Å². The predicted molar refractivity (Wildman–Crippen MR) is 81.9 cm³/mol. The monoisotopic (exact) mass is 337 g/mol. The van der Waals surface area contributed by atoms with Crippen molar-refractivity contribution in [2.75, 3.05) is 12.4 Å². The van der Waals surface area contributed by atoms with Crippen molar-refractivity contribution in [3.05, 3.63) is 64.7 Å². The van der Waals surface area contributed by atoms with Gasteiger partial charge in [-0.3, -0.25) is 4.79 Å². The largest absolute Gasteiger partial charge is 0.465 e. The highest BCUT2D eigenvalue weighted by molar-refractivity contribution is 6.05. The molecular formula is C17H14F3NO3. The van der Waals surface area contributed by atoms with Crippen LogP contribution in [0.4, 0.5) is 18.9 Å². The molecule has 126 valence electrons. The van der Waals surface area contributed by atoms with Crippen molar-refractivity contribution in [3.8, 4) is 0 Å². The van der Waals surface area contributed by atoms with E-state index < -0.39 is 23.6 Å². The Kier molecular flexibility index (Phi) is 4.92. The lowest BCUT2D eigenvalue weighted by Crippen LogP contribution is -2.14. The van der Waals surface area contributed by atoms with Crippen LogP contribution in [-0.2, 0) is 10.9 Å². The molecule has 0 aliphatic rings. The molecule has 24 heavy (non-hydrogen) atoms. The molecule has 0 saturated carbocycles. The predicted octanol–water partition coefficient (Wildman–Crippen LogP) is 4.05. The number of hydrogen-bond donors (Lipinski definition) is 1. The van der Waals surface area contributed by atoms with Gasteiger partial charge in [0.05, 0.1) is 18.2 Å². The maximum atomic E-state index is 12.5. The molecule has 0 aliphatic heterocycles. The Bertz CT molecular complexity index is 768. The molecule has 2 aromatic rings. The van der Waals surface area contributed by atoms with E-state index in [-0.39, 0.29) is 5.56 Å². The quantitative estimate of drug-likeness (QED) is 0.860. The van der Waals surface area contributed by atoms with Crippen LogP contribution in [0.3, 0.4) is 0 Å². The Balaban J connectivity index is 2.16. The van der Waals surface area contributed by atoms with E-state index in [9.17, 15) is 22.8 Å². The Morgan fingerprint density at radius 3 is 2.08 bits per heavy atom. The van der Waals surface area contributed by atoms with E-state index in [1.165, 1.54) is 19.2 Å². The highest BCUT2D eigenvalue weighted by atomic mass is 19.4. The maximum Gasteiger partial charge on any atom is 0.416 e.